The maximum absolute atomic E-state index is 4.91. The van der Waals surface area contributed by atoms with Crippen molar-refractivity contribution in [2.45, 2.75) is 19.4 Å². The maximum atomic E-state index is 4.91. The molecule has 0 saturated heterocycles. The van der Waals surface area contributed by atoms with Crippen LogP contribution in [-0.4, -0.2) is 40.1 Å². The van der Waals surface area contributed by atoms with Crippen LogP contribution < -0.4 is 10.2 Å². The summed E-state index contributed by atoms with van der Waals surface area (Å²) < 4.78 is 0. The second-order valence-electron chi connectivity index (χ2n) is 6.45. The quantitative estimate of drug-likeness (QED) is 0.764. The molecule has 6 heteroatoms. The van der Waals surface area contributed by atoms with Gasteiger partial charge in [0.1, 0.15) is 5.82 Å². The minimum Gasteiger partial charge on any atom is -0.359 e. The molecule has 0 radical (unpaired) electrons. The average molecular weight is 346 g/mol. The van der Waals surface area contributed by atoms with Crippen LogP contribution >= 0.6 is 0 Å². The van der Waals surface area contributed by atoms with E-state index in [4.69, 9.17) is 9.97 Å². The number of rotatable bonds is 5. The second kappa shape index (κ2) is 7.58. The summed E-state index contributed by atoms with van der Waals surface area (Å²) in [6.45, 7) is 2.62. The van der Waals surface area contributed by atoms with Crippen LogP contribution in [0.25, 0.3) is 11.4 Å². The third kappa shape index (κ3) is 3.55. The van der Waals surface area contributed by atoms with Crippen molar-refractivity contribution in [1.82, 2.24) is 25.3 Å². The Morgan fingerprint density at radius 3 is 2.77 bits per heavy atom. The largest absolute Gasteiger partial charge is 0.359 e. The number of aromatic nitrogens is 4. The summed E-state index contributed by atoms with van der Waals surface area (Å²) >= 11 is 0. The van der Waals surface area contributed by atoms with Crippen LogP contribution in [0.3, 0.4) is 0 Å². The van der Waals surface area contributed by atoms with Crippen molar-refractivity contribution < 1.29 is 0 Å². The van der Waals surface area contributed by atoms with Crippen LogP contribution in [0.1, 0.15) is 17.0 Å². The third-order valence-electron chi connectivity index (χ3n) is 4.64. The van der Waals surface area contributed by atoms with Crippen LogP contribution in [-0.2, 0) is 19.4 Å². The smallest absolute Gasteiger partial charge is 0.161 e. The Morgan fingerprint density at radius 1 is 1.08 bits per heavy atom. The summed E-state index contributed by atoms with van der Waals surface area (Å²) in [5.74, 6) is 1.79. The molecule has 3 aromatic rings. The minimum absolute atomic E-state index is 0.759. The van der Waals surface area contributed by atoms with E-state index < -0.39 is 0 Å². The molecule has 1 N–H and O–H groups in total. The topological polar surface area (TPSA) is 66.8 Å². The van der Waals surface area contributed by atoms with Crippen molar-refractivity contribution in [3.05, 3.63) is 65.9 Å². The number of hydrogen-bond donors (Lipinski definition) is 1. The number of pyridine rings is 2. The minimum atomic E-state index is 0.759. The molecule has 4 rings (SSSR count). The molecule has 0 spiro atoms. The average Bonchev–Trinajstić information content (AvgIpc) is 2.72. The third-order valence-corrected chi connectivity index (χ3v) is 4.64. The Morgan fingerprint density at radius 2 is 1.96 bits per heavy atom. The van der Waals surface area contributed by atoms with E-state index in [0.29, 0.717) is 0 Å². The molecule has 0 aliphatic carbocycles. The van der Waals surface area contributed by atoms with Gasteiger partial charge in [0.25, 0.3) is 0 Å². The normalized spacial score (nSPS) is 13.3. The van der Waals surface area contributed by atoms with Gasteiger partial charge in [-0.1, -0.05) is 6.07 Å². The first-order valence-corrected chi connectivity index (χ1v) is 8.93. The number of nitrogens with zero attached hydrogens (tertiary/aromatic N) is 5. The zero-order valence-corrected chi connectivity index (χ0v) is 14.9. The van der Waals surface area contributed by atoms with Crippen LogP contribution in [0, 0.1) is 0 Å². The molecule has 1 aliphatic heterocycles. The lowest BCUT2D eigenvalue weighted by Gasteiger charge is -2.26. The van der Waals surface area contributed by atoms with Gasteiger partial charge in [-0.25, -0.2) is 9.97 Å². The highest BCUT2D eigenvalue weighted by Crippen LogP contribution is 2.26. The summed E-state index contributed by atoms with van der Waals surface area (Å²) in [5.41, 5.74) is 4.44. The lowest BCUT2D eigenvalue weighted by Crippen LogP contribution is -2.30. The highest BCUT2D eigenvalue weighted by atomic mass is 15.2. The van der Waals surface area contributed by atoms with E-state index in [1.54, 1.807) is 12.4 Å². The molecule has 4 heterocycles. The Hall–Kier alpha value is -2.86. The molecule has 0 bridgehead atoms. The van der Waals surface area contributed by atoms with Crippen molar-refractivity contribution in [3.63, 3.8) is 0 Å². The molecule has 3 aromatic heterocycles. The number of hydrogen-bond acceptors (Lipinski definition) is 6. The van der Waals surface area contributed by atoms with Gasteiger partial charge < -0.3 is 10.2 Å². The van der Waals surface area contributed by atoms with E-state index in [1.807, 2.05) is 30.5 Å². The summed E-state index contributed by atoms with van der Waals surface area (Å²) in [6.07, 6.45) is 7.24. The first-order chi connectivity index (χ1) is 12.8. The van der Waals surface area contributed by atoms with E-state index >= 15 is 0 Å². The van der Waals surface area contributed by atoms with Gasteiger partial charge in [0.2, 0.25) is 0 Å². The van der Waals surface area contributed by atoms with E-state index in [9.17, 15) is 0 Å². The van der Waals surface area contributed by atoms with E-state index in [0.717, 1.165) is 61.1 Å². The molecular weight excluding hydrogens is 324 g/mol. The molecule has 0 atom stereocenters. The standard InChI is InChI=1S/C20H22N6/c1-26(13-8-16-4-2-3-9-23-16)20-17-7-12-22-14-18(17)24-19(25-20)15-5-10-21-11-6-15/h2-6,9-11,22H,7-8,12-14H2,1H3. The molecule has 0 amide bonds. The fourth-order valence-corrected chi connectivity index (χ4v) is 3.22. The predicted molar refractivity (Wildman–Crippen MR) is 102 cm³/mol. The molecule has 26 heavy (non-hydrogen) atoms. The van der Waals surface area contributed by atoms with E-state index in [-0.39, 0.29) is 0 Å². The highest BCUT2D eigenvalue weighted by Gasteiger charge is 2.20. The number of anilines is 1. The monoisotopic (exact) mass is 346 g/mol. The molecule has 0 unspecified atom stereocenters. The molecule has 0 aromatic carbocycles. The van der Waals surface area contributed by atoms with Gasteiger partial charge in [0.15, 0.2) is 5.82 Å². The summed E-state index contributed by atoms with van der Waals surface area (Å²) in [5, 5.41) is 3.41. The van der Waals surface area contributed by atoms with Gasteiger partial charge in [-0.2, -0.15) is 0 Å². The van der Waals surface area contributed by atoms with Crippen molar-refractivity contribution in [3.8, 4) is 11.4 Å². The van der Waals surface area contributed by atoms with Crippen molar-refractivity contribution >= 4 is 5.82 Å². The van der Waals surface area contributed by atoms with Gasteiger partial charge in [0, 0.05) is 62.0 Å². The second-order valence-corrected chi connectivity index (χ2v) is 6.45. The van der Waals surface area contributed by atoms with Crippen LogP contribution in [0.4, 0.5) is 5.82 Å². The predicted octanol–water partition coefficient (Wildman–Crippen LogP) is 2.26. The Balaban J connectivity index is 1.65. The fraction of sp³-hybridized carbons (Fsp3) is 0.300. The Labute approximate surface area is 153 Å². The SMILES string of the molecule is CN(CCc1ccccn1)c1nc(-c2ccncc2)nc2c1CCNC2. The van der Waals surface area contributed by atoms with Crippen LogP contribution in [0.2, 0.25) is 0 Å². The highest BCUT2D eigenvalue weighted by molar-refractivity contribution is 5.60. The Bertz CT molecular complexity index is 866. The number of nitrogens with one attached hydrogen (secondary N) is 1. The molecular formula is C20H22N6. The summed E-state index contributed by atoms with van der Waals surface area (Å²) in [6, 6.07) is 9.95. The van der Waals surface area contributed by atoms with E-state index in [1.165, 1.54) is 5.56 Å². The lowest BCUT2D eigenvalue weighted by atomic mass is 10.1. The van der Waals surface area contributed by atoms with Gasteiger partial charge in [-0.3, -0.25) is 9.97 Å². The van der Waals surface area contributed by atoms with Gasteiger partial charge in [-0.15, -0.1) is 0 Å². The first-order valence-electron chi connectivity index (χ1n) is 8.93. The zero-order chi connectivity index (χ0) is 17.8. The Kier molecular flexibility index (Phi) is 4.84. The maximum Gasteiger partial charge on any atom is 0.161 e. The van der Waals surface area contributed by atoms with Gasteiger partial charge >= 0.3 is 0 Å². The fourth-order valence-electron chi connectivity index (χ4n) is 3.22. The molecule has 1 aliphatic rings. The zero-order valence-electron chi connectivity index (χ0n) is 14.9. The summed E-state index contributed by atoms with van der Waals surface area (Å²) in [7, 11) is 2.10. The van der Waals surface area contributed by atoms with Crippen molar-refractivity contribution in [2.24, 2.45) is 0 Å². The molecule has 6 nitrogen and oxygen atoms in total. The van der Waals surface area contributed by atoms with E-state index in [2.05, 4.69) is 33.3 Å². The van der Waals surface area contributed by atoms with Crippen molar-refractivity contribution in [2.75, 3.05) is 25.0 Å². The molecule has 0 fully saturated rings. The lowest BCUT2D eigenvalue weighted by molar-refractivity contribution is 0.621. The van der Waals surface area contributed by atoms with Crippen LogP contribution in [0.5, 0.6) is 0 Å². The number of fused-ring (bicyclic) bond motifs is 1. The van der Waals surface area contributed by atoms with Gasteiger partial charge in [-0.05, 0) is 37.2 Å². The molecule has 132 valence electrons. The summed E-state index contributed by atoms with van der Waals surface area (Å²) in [4.78, 5) is 20.5. The first kappa shape index (κ1) is 16.6. The van der Waals surface area contributed by atoms with Gasteiger partial charge in [0.05, 0.1) is 5.69 Å². The van der Waals surface area contributed by atoms with Crippen molar-refractivity contribution in [1.29, 1.82) is 0 Å². The molecule has 0 saturated carbocycles. The van der Waals surface area contributed by atoms with Crippen LogP contribution in [0.15, 0.2) is 48.9 Å². The number of likely N-dealkylation sites (N-methyl/N-ethyl adjacent to an activating group) is 1.